The summed E-state index contributed by atoms with van der Waals surface area (Å²) in [5, 5.41) is 14.7. The molecule has 3 rings (SSSR count). The SMILES string of the molecule is O=S1(=O)CCC(Nc2cnnc(Nc3cc(Cl)cc(Cl)c3)n2)C1. The van der Waals surface area contributed by atoms with E-state index in [1.165, 1.54) is 6.20 Å². The molecule has 1 aliphatic rings. The van der Waals surface area contributed by atoms with Crippen molar-refractivity contribution in [2.45, 2.75) is 12.5 Å². The molecule has 1 aliphatic heterocycles. The summed E-state index contributed by atoms with van der Waals surface area (Å²) in [6.45, 7) is 0. The molecular weight excluding hydrogens is 361 g/mol. The maximum Gasteiger partial charge on any atom is 0.249 e. The molecular formula is C13H13Cl2N5O2S. The molecule has 10 heteroatoms. The number of sulfone groups is 1. The van der Waals surface area contributed by atoms with Gasteiger partial charge in [0.2, 0.25) is 5.95 Å². The zero-order valence-electron chi connectivity index (χ0n) is 11.8. The standard InChI is InChI=1S/C13H13Cl2N5O2S/c14-8-3-9(15)5-11(4-8)18-13-19-12(6-16-20-13)17-10-1-2-23(21,22)7-10/h3-6,10H,1-2,7H2,(H2,17,18,19,20). The summed E-state index contributed by atoms with van der Waals surface area (Å²) >= 11 is 11.9. The minimum Gasteiger partial charge on any atom is -0.365 e. The summed E-state index contributed by atoms with van der Waals surface area (Å²) in [7, 11) is -2.96. The molecule has 0 amide bonds. The van der Waals surface area contributed by atoms with Crippen molar-refractivity contribution >= 4 is 50.5 Å². The van der Waals surface area contributed by atoms with Gasteiger partial charge < -0.3 is 10.6 Å². The third kappa shape index (κ3) is 4.43. The van der Waals surface area contributed by atoms with Crippen molar-refractivity contribution < 1.29 is 8.42 Å². The lowest BCUT2D eigenvalue weighted by atomic mass is 10.3. The molecule has 1 unspecified atom stereocenters. The van der Waals surface area contributed by atoms with E-state index in [-0.39, 0.29) is 23.5 Å². The lowest BCUT2D eigenvalue weighted by Gasteiger charge is -2.12. The van der Waals surface area contributed by atoms with Crippen molar-refractivity contribution in [3.8, 4) is 0 Å². The van der Waals surface area contributed by atoms with Gasteiger partial charge in [-0.15, -0.1) is 5.10 Å². The van der Waals surface area contributed by atoms with Crippen molar-refractivity contribution in [3.05, 3.63) is 34.4 Å². The Morgan fingerprint density at radius 3 is 2.57 bits per heavy atom. The molecule has 0 saturated carbocycles. The van der Waals surface area contributed by atoms with Crippen molar-refractivity contribution in [2.24, 2.45) is 0 Å². The van der Waals surface area contributed by atoms with Crippen LogP contribution in [0.25, 0.3) is 0 Å². The number of aromatic nitrogens is 3. The highest BCUT2D eigenvalue weighted by Crippen LogP contribution is 2.24. The number of rotatable bonds is 4. The molecule has 2 N–H and O–H groups in total. The second kappa shape index (κ2) is 6.46. The van der Waals surface area contributed by atoms with Gasteiger partial charge >= 0.3 is 0 Å². The van der Waals surface area contributed by atoms with Crippen LogP contribution < -0.4 is 10.6 Å². The smallest absolute Gasteiger partial charge is 0.249 e. The fourth-order valence-electron chi connectivity index (χ4n) is 2.30. The Morgan fingerprint density at radius 2 is 1.91 bits per heavy atom. The maximum absolute atomic E-state index is 11.5. The molecule has 2 aromatic rings. The number of hydrogen-bond acceptors (Lipinski definition) is 7. The van der Waals surface area contributed by atoms with E-state index >= 15 is 0 Å². The van der Waals surface area contributed by atoms with E-state index in [0.29, 0.717) is 28.0 Å². The molecule has 1 saturated heterocycles. The zero-order valence-corrected chi connectivity index (χ0v) is 14.2. The Bertz CT molecular complexity index is 811. The highest BCUT2D eigenvalue weighted by Gasteiger charge is 2.28. The molecule has 2 heterocycles. The van der Waals surface area contributed by atoms with Gasteiger partial charge in [-0.3, -0.25) is 0 Å². The van der Waals surface area contributed by atoms with Gasteiger partial charge in [0.05, 0.1) is 17.7 Å². The quantitative estimate of drug-likeness (QED) is 0.849. The molecule has 0 aliphatic carbocycles. The predicted molar refractivity (Wildman–Crippen MR) is 90.3 cm³/mol. The van der Waals surface area contributed by atoms with Crippen LogP contribution in [0.3, 0.4) is 0 Å². The normalized spacial score (nSPS) is 19.5. The third-order valence-corrected chi connectivity index (χ3v) is 5.47. The topological polar surface area (TPSA) is 96.9 Å². The Morgan fingerprint density at radius 1 is 1.17 bits per heavy atom. The van der Waals surface area contributed by atoms with E-state index in [9.17, 15) is 8.42 Å². The summed E-state index contributed by atoms with van der Waals surface area (Å²) in [6.07, 6.45) is 2.00. The zero-order chi connectivity index (χ0) is 16.4. The van der Waals surface area contributed by atoms with E-state index in [1.807, 2.05) is 0 Å². The van der Waals surface area contributed by atoms with Crippen molar-refractivity contribution in [1.29, 1.82) is 0 Å². The summed E-state index contributed by atoms with van der Waals surface area (Å²) in [4.78, 5) is 4.26. The van der Waals surface area contributed by atoms with Crippen LogP contribution >= 0.6 is 23.2 Å². The van der Waals surface area contributed by atoms with Crippen LogP contribution in [0.4, 0.5) is 17.5 Å². The minimum absolute atomic E-state index is 0.101. The van der Waals surface area contributed by atoms with E-state index in [4.69, 9.17) is 23.2 Å². The van der Waals surface area contributed by atoms with Crippen molar-refractivity contribution in [1.82, 2.24) is 15.2 Å². The second-order valence-corrected chi connectivity index (χ2v) is 8.29. The van der Waals surface area contributed by atoms with Crippen LogP contribution in [-0.4, -0.2) is 41.1 Å². The van der Waals surface area contributed by atoms with Crippen LogP contribution in [0.2, 0.25) is 10.0 Å². The molecule has 0 spiro atoms. The average molecular weight is 374 g/mol. The van der Waals surface area contributed by atoms with Crippen LogP contribution in [-0.2, 0) is 9.84 Å². The molecule has 7 nitrogen and oxygen atoms in total. The maximum atomic E-state index is 11.5. The summed E-state index contributed by atoms with van der Waals surface area (Å²) in [6, 6.07) is 4.82. The molecule has 1 aromatic carbocycles. The van der Waals surface area contributed by atoms with E-state index in [2.05, 4.69) is 25.8 Å². The van der Waals surface area contributed by atoms with Crippen molar-refractivity contribution in [3.63, 3.8) is 0 Å². The number of anilines is 3. The first-order valence-electron chi connectivity index (χ1n) is 6.79. The van der Waals surface area contributed by atoms with Crippen molar-refractivity contribution in [2.75, 3.05) is 22.1 Å². The van der Waals surface area contributed by atoms with Crippen LogP contribution in [0.5, 0.6) is 0 Å². The van der Waals surface area contributed by atoms with E-state index in [0.717, 1.165) is 0 Å². The monoisotopic (exact) mass is 373 g/mol. The van der Waals surface area contributed by atoms with E-state index in [1.54, 1.807) is 18.2 Å². The first-order valence-corrected chi connectivity index (χ1v) is 9.37. The average Bonchev–Trinajstić information content (AvgIpc) is 2.77. The lowest BCUT2D eigenvalue weighted by Crippen LogP contribution is -2.21. The van der Waals surface area contributed by atoms with Gasteiger partial charge in [-0.1, -0.05) is 23.2 Å². The lowest BCUT2D eigenvalue weighted by molar-refractivity contribution is 0.602. The Kier molecular flexibility index (Phi) is 4.56. The summed E-state index contributed by atoms with van der Waals surface area (Å²) < 4.78 is 23.0. The molecule has 23 heavy (non-hydrogen) atoms. The number of nitrogens with zero attached hydrogens (tertiary/aromatic N) is 3. The first-order chi connectivity index (χ1) is 10.9. The van der Waals surface area contributed by atoms with Crippen LogP contribution in [0, 0.1) is 0 Å². The Labute approximate surface area is 143 Å². The van der Waals surface area contributed by atoms with Crippen LogP contribution in [0.1, 0.15) is 6.42 Å². The largest absolute Gasteiger partial charge is 0.365 e. The predicted octanol–water partition coefficient (Wildman–Crippen LogP) is 2.52. The van der Waals surface area contributed by atoms with Gasteiger partial charge in [0.25, 0.3) is 0 Å². The number of halogens is 2. The molecule has 1 aromatic heterocycles. The Balaban J connectivity index is 1.72. The second-order valence-electron chi connectivity index (χ2n) is 5.19. The Hall–Kier alpha value is -1.64. The van der Waals surface area contributed by atoms with Gasteiger partial charge in [-0.25, -0.2) is 8.42 Å². The molecule has 0 radical (unpaired) electrons. The molecule has 122 valence electrons. The van der Waals surface area contributed by atoms with Gasteiger partial charge in [0.1, 0.15) is 0 Å². The highest BCUT2D eigenvalue weighted by molar-refractivity contribution is 7.91. The first kappa shape index (κ1) is 16.2. The fraction of sp³-hybridized carbons (Fsp3) is 0.308. The number of nitrogens with one attached hydrogen (secondary N) is 2. The number of hydrogen-bond donors (Lipinski definition) is 2. The summed E-state index contributed by atoms with van der Waals surface area (Å²) in [5.41, 5.74) is 0.630. The minimum atomic E-state index is -2.96. The van der Waals surface area contributed by atoms with Gasteiger partial charge in [-0.05, 0) is 24.6 Å². The highest BCUT2D eigenvalue weighted by atomic mass is 35.5. The molecule has 1 fully saturated rings. The van der Waals surface area contributed by atoms with Crippen LogP contribution in [0.15, 0.2) is 24.4 Å². The van der Waals surface area contributed by atoms with Gasteiger partial charge in [-0.2, -0.15) is 10.1 Å². The third-order valence-electron chi connectivity index (χ3n) is 3.26. The van der Waals surface area contributed by atoms with Gasteiger partial charge in [0.15, 0.2) is 15.7 Å². The molecule has 1 atom stereocenters. The van der Waals surface area contributed by atoms with Gasteiger partial charge in [0, 0.05) is 21.8 Å². The van der Waals surface area contributed by atoms with E-state index < -0.39 is 9.84 Å². The molecule has 0 bridgehead atoms. The summed E-state index contributed by atoms with van der Waals surface area (Å²) in [5.74, 6) is 1.01. The number of benzene rings is 1. The fourth-order valence-corrected chi connectivity index (χ4v) is 4.50.